The Labute approximate surface area is 88.1 Å². The Balaban J connectivity index is 2.43. The SMILES string of the molecule is COc1ccc(-c2ncc[nH]2)cc1CN. The quantitative estimate of drug-likeness (QED) is 0.795. The molecule has 0 unspecified atom stereocenters. The number of aromatic amines is 1. The highest BCUT2D eigenvalue weighted by atomic mass is 16.5. The molecule has 0 bridgehead atoms. The van der Waals surface area contributed by atoms with Crippen LogP contribution in [-0.4, -0.2) is 17.1 Å². The highest BCUT2D eigenvalue weighted by Gasteiger charge is 2.05. The first-order chi connectivity index (χ1) is 7.35. The molecular weight excluding hydrogens is 190 g/mol. The molecule has 0 atom stereocenters. The molecule has 2 aromatic rings. The third-order valence-electron chi connectivity index (χ3n) is 2.27. The number of nitrogens with zero attached hydrogens (tertiary/aromatic N) is 1. The second kappa shape index (κ2) is 4.14. The van der Waals surface area contributed by atoms with E-state index in [0.29, 0.717) is 6.54 Å². The molecule has 4 heteroatoms. The van der Waals surface area contributed by atoms with Gasteiger partial charge in [-0.3, -0.25) is 0 Å². The van der Waals surface area contributed by atoms with Crippen LogP contribution in [0, 0.1) is 0 Å². The van der Waals surface area contributed by atoms with Crippen LogP contribution in [0.1, 0.15) is 5.56 Å². The Morgan fingerprint density at radius 3 is 2.93 bits per heavy atom. The molecule has 1 aromatic heterocycles. The maximum absolute atomic E-state index is 5.64. The molecule has 0 radical (unpaired) electrons. The summed E-state index contributed by atoms with van der Waals surface area (Å²) in [6, 6.07) is 5.84. The van der Waals surface area contributed by atoms with Crippen LogP contribution in [0.4, 0.5) is 0 Å². The lowest BCUT2D eigenvalue weighted by Crippen LogP contribution is -2.00. The minimum absolute atomic E-state index is 0.456. The van der Waals surface area contributed by atoms with E-state index < -0.39 is 0 Å². The Morgan fingerprint density at radius 2 is 2.33 bits per heavy atom. The zero-order valence-electron chi connectivity index (χ0n) is 8.53. The van der Waals surface area contributed by atoms with Gasteiger partial charge in [-0.1, -0.05) is 0 Å². The summed E-state index contributed by atoms with van der Waals surface area (Å²) in [5.41, 5.74) is 7.63. The van der Waals surface area contributed by atoms with Gasteiger partial charge in [-0.05, 0) is 18.2 Å². The van der Waals surface area contributed by atoms with E-state index in [0.717, 1.165) is 22.7 Å². The van der Waals surface area contributed by atoms with Crippen molar-refractivity contribution in [3.05, 3.63) is 36.2 Å². The number of nitrogens with two attached hydrogens (primary N) is 1. The monoisotopic (exact) mass is 203 g/mol. The summed E-state index contributed by atoms with van der Waals surface area (Å²) in [4.78, 5) is 7.23. The summed E-state index contributed by atoms with van der Waals surface area (Å²) in [7, 11) is 1.64. The van der Waals surface area contributed by atoms with Crippen molar-refractivity contribution in [1.29, 1.82) is 0 Å². The second-order valence-corrected chi connectivity index (χ2v) is 3.17. The molecule has 0 fully saturated rings. The number of nitrogens with one attached hydrogen (secondary N) is 1. The number of aromatic nitrogens is 2. The predicted octanol–water partition coefficient (Wildman–Crippen LogP) is 1.54. The fourth-order valence-electron chi connectivity index (χ4n) is 1.51. The zero-order valence-corrected chi connectivity index (χ0v) is 8.53. The third-order valence-corrected chi connectivity index (χ3v) is 2.27. The normalized spacial score (nSPS) is 10.3. The van der Waals surface area contributed by atoms with Crippen LogP contribution in [0.15, 0.2) is 30.6 Å². The zero-order chi connectivity index (χ0) is 10.7. The van der Waals surface area contributed by atoms with Crippen molar-refractivity contribution in [3.63, 3.8) is 0 Å². The first-order valence-electron chi connectivity index (χ1n) is 4.72. The van der Waals surface area contributed by atoms with Crippen molar-refractivity contribution in [3.8, 4) is 17.1 Å². The lowest BCUT2D eigenvalue weighted by Gasteiger charge is -2.07. The van der Waals surface area contributed by atoms with Crippen molar-refractivity contribution in [2.45, 2.75) is 6.54 Å². The van der Waals surface area contributed by atoms with Gasteiger partial charge in [0.1, 0.15) is 11.6 Å². The number of rotatable bonds is 3. The first kappa shape index (κ1) is 9.73. The van der Waals surface area contributed by atoms with E-state index >= 15 is 0 Å². The molecule has 15 heavy (non-hydrogen) atoms. The summed E-state index contributed by atoms with van der Waals surface area (Å²) in [6.07, 6.45) is 3.52. The summed E-state index contributed by atoms with van der Waals surface area (Å²) < 4.78 is 5.20. The fraction of sp³-hybridized carbons (Fsp3) is 0.182. The van der Waals surface area contributed by atoms with E-state index in [1.807, 2.05) is 18.2 Å². The van der Waals surface area contributed by atoms with Gasteiger partial charge >= 0.3 is 0 Å². The van der Waals surface area contributed by atoms with Crippen molar-refractivity contribution < 1.29 is 4.74 Å². The highest BCUT2D eigenvalue weighted by molar-refractivity contribution is 5.58. The molecule has 2 rings (SSSR count). The number of benzene rings is 1. The van der Waals surface area contributed by atoms with Crippen LogP contribution in [0.25, 0.3) is 11.4 Å². The molecule has 4 nitrogen and oxygen atoms in total. The predicted molar refractivity (Wildman–Crippen MR) is 58.5 cm³/mol. The lowest BCUT2D eigenvalue weighted by atomic mass is 10.1. The van der Waals surface area contributed by atoms with E-state index in [9.17, 15) is 0 Å². The Kier molecular flexibility index (Phi) is 2.69. The molecule has 0 spiro atoms. The van der Waals surface area contributed by atoms with E-state index in [1.165, 1.54) is 0 Å². The van der Waals surface area contributed by atoms with Crippen LogP contribution in [0.2, 0.25) is 0 Å². The smallest absolute Gasteiger partial charge is 0.137 e. The summed E-state index contributed by atoms with van der Waals surface area (Å²) >= 11 is 0. The van der Waals surface area contributed by atoms with Gasteiger partial charge in [0.25, 0.3) is 0 Å². The maximum Gasteiger partial charge on any atom is 0.137 e. The minimum atomic E-state index is 0.456. The molecule has 0 aliphatic carbocycles. The Bertz CT molecular complexity index is 437. The van der Waals surface area contributed by atoms with Crippen LogP contribution in [-0.2, 0) is 6.54 Å². The van der Waals surface area contributed by atoms with Crippen LogP contribution in [0.5, 0.6) is 5.75 Å². The van der Waals surface area contributed by atoms with Crippen LogP contribution >= 0.6 is 0 Å². The molecule has 1 heterocycles. The molecule has 1 aromatic carbocycles. The number of imidazole rings is 1. The molecule has 0 saturated carbocycles. The summed E-state index contributed by atoms with van der Waals surface area (Å²) in [6.45, 7) is 0.456. The van der Waals surface area contributed by atoms with Gasteiger partial charge in [0, 0.05) is 30.1 Å². The first-order valence-corrected chi connectivity index (χ1v) is 4.72. The van der Waals surface area contributed by atoms with E-state index in [-0.39, 0.29) is 0 Å². The number of hydrogen-bond donors (Lipinski definition) is 2. The van der Waals surface area contributed by atoms with Crippen molar-refractivity contribution in [2.24, 2.45) is 5.73 Å². The highest BCUT2D eigenvalue weighted by Crippen LogP contribution is 2.23. The van der Waals surface area contributed by atoms with E-state index in [2.05, 4.69) is 9.97 Å². The standard InChI is InChI=1S/C11H13N3O/c1-15-10-3-2-8(6-9(10)7-12)11-13-4-5-14-11/h2-6H,7,12H2,1H3,(H,13,14). The lowest BCUT2D eigenvalue weighted by molar-refractivity contribution is 0.410. The molecule has 78 valence electrons. The molecular formula is C11H13N3O. The van der Waals surface area contributed by atoms with Crippen molar-refractivity contribution in [2.75, 3.05) is 7.11 Å². The number of ether oxygens (including phenoxy) is 1. The van der Waals surface area contributed by atoms with Gasteiger partial charge in [0.15, 0.2) is 0 Å². The van der Waals surface area contributed by atoms with E-state index in [1.54, 1.807) is 19.5 Å². The second-order valence-electron chi connectivity index (χ2n) is 3.17. The van der Waals surface area contributed by atoms with Gasteiger partial charge in [-0.15, -0.1) is 0 Å². The van der Waals surface area contributed by atoms with Crippen molar-refractivity contribution in [1.82, 2.24) is 9.97 Å². The van der Waals surface area contributed by atoms with Gasteiger partial charge < -0.3 is 15.5 Å². The number of hydrogen-bond acceptors (Lipinski definition) is 3. The molecule has 0 aliphatic rings. The Hall–Kier alpha value is -1.81. The third kappa shape index (κ3) is 1.85. The average Bonchev–Trinajstić information content (AvgIpc) is 2.81. The molecule has 3 N–H and O–H groups in total. The molecule has 0 saturated heterocycles. The van der Waals surface area contributed by atoms with Gasteiger partial charge in [-0.2, -0.15) is 0 Å². The van der Waals surface area contributed by atoms with E-state index in [4.69, 9.17) is 10.5 Å². The largest absolute Gasteiger partial charge is 0.496 e. The Morgan fingerprint density at radius 1 is 1.47 bits per heavy atom. The van der Waals surface area contributed by atoms with Crippen LogP contribution < -0.4 is 10.5 Å². The van der Waals surface area contributed by atoms with Gasteiger partial charge in [-0.25, -0.2) is 4.98 Å². The summed E-state index contributed by atoms with van der Waals surface area (Å²) in [5.74, 6) is 1.65. The number of methoxy groups -OCH3 is 1. The van der Waals surface area contributed by atoms with Gasteiger partial charge in [0.2, 0.25) is 0 Å². The minimum Gasteiger partial charge on any atom is -0.496 e. The van der Waals surface area contributed by atoms with Crippen molar-refractivity contribution >= 4 is 0 Å². The molecule has 0 amide bonds. The maximum atomic E-state index is 5.64. The fourth-order valence-corrected chi connectivity index (χ4v) is 1.51. The number of H-pyrrole nitrogens is 1. The topological polar surface area (TPSA) is 63.9 Å². The summed E-state index contributed by atoms with van der Waals surface area (Å²) in [5, 5.41) is 0. The molecule has 0 aliphatic heterocycles. The van der Waals surface area contributed by atoms with Crippen LogP contribution in [0.3, 0.4) is 0 Å². The van der Waals surface area contributed by atoms with Gasteiger partial charge in [0.05, 0.1) is 7.11 Å². The average molecular weight is 203 g/mol.